The molecule has 9 rings (SSSR count). The second-order valence-electron chi connectivity index (χ2n) is 13.2. The predicted octanol–water partition coefficient (Wildman–Crippen LogP) is 10.5. The zero-order valence-corrected chi connectivity index (χ0v) is 26.5. The van der Waals surface area contributed by atoms with E-state index in [4.69, 9.17) is 19.4 Å². The number of furan rings is 1. The van der Waals surface area contributed by atoms with Crippen molar-refractivity contribution < 1.29 is 4.42 Å². The van der Waals surface area contributed by atoms with Gasteiger partial charge in [0, 0.05) is 39.6 Å². The molecule has 47 heavy (non-hydrogen) atoms. The van der Waals surface area contributed by atoms with Gasteiger partial charge in [-0.3, -0.25) is 4.98 Å². The third-order valence-corrected chi connectivity index (χ3v) is 9.81. The maximum absolute atomic E-state index is 6.46. The molecule has 5 heteroatoms. The number of hydrogen-bond donors (Lipinski definition) is 0. The molecule has 0 radical (unpaired) electrons. The number of rotatable bonds is 4. The smallest absolute Gasteiger partial charge is 0.182 e. The van der Waals surface area contributed by atoms with Crippen LogP contribution in [0.15, 0.2) is 120 Å². The van der Waals surface area contributed by atoms with Crippen LogP contribution < -0.4 is 0 Å². The van der Waals surface area contributed by atoms with E-state index in [-0.39, 0.29) is 5.41 Å². The molecule has 4 aromatic carbocycles. The minimum absolute atomic E-state index is 0.149. The molecule has 0 saturated carbocycles. The Hall–Kier alpha value is -5.68. The largest absolute Gasteiger partial charge is 0.460 e. The van der Waals surface area contributed by atoms with Crippen LogP contribution in [0.25, 0.3) is 73.6 Å². The van der Waals surface area contributed by atoms with Gasteiger partial charge in [0.25, 0.3) is 0 Å². The molecule has 226 valence electrons. The Morgan fingerprint density at radius 2 is 1.34 bits per heavy atom. The van der Waals surface area contributed by atoms with Crippen LogP contribution >= 0.6 is 0 Å². The van der Waals surface area contributed by atoms with E-state index in [0.717, 1.165) is 34.5 Å². The van der Waals surface area contributed by atoms with Crippen LogP contribution in [0.2, 0.25) is 0 Å². The van der Waals surface area contributed by atoms with Crippen LogP contribution in [0.1, 0.15) is 55.6 Å². The average Bonchev–Trinajstić information content (AvgIpc) is 3.60. The highest BCUT2D eigenvalue weighted by atomic mass is 16.3. The first-order valence-electron chi connectivity index (χ1n) is 16.2. The number of nitrogens with zero attached hydrogens (tertiary/aromatic N) is 4. The lowest BCUT2D eigenvalue weighted by Crippen LogP contribution is -2.15. The molecule has 3 heterocycles. The van der Waals surface area contributed by atoms with E-state index < -0.39 is 0 Å². The Balaban J connectivity index is 1.09. The minimum Gasteiger partial charge on any atom is -0.460 e. The van der Waals surface area contributed by atoms with E-state index in [1.54, 1.807) is 6.20 Å². The fourth-order valence-corrected chi connectivity index (χ4v) is 7.22. The van der Waals surface area contributed by atoms with Gasteiger partial charge in [0.05, 0.1) is 0 Å². The fourth-order valence-electron chi connectivity index (χ4n) is 7.22. The standard InChI is InChI=1S/C42H32N4O/c1-25-10-9-13-31-33-23-32-30-20-19-29(22-34(30)42(2,3)35(32)24-37(33)47-38(25)31)26-15-17-28(18-16-26)40-44-39(27-11-5-4-6-12-27)45-41(46-40)36-14-7-8-21-43-36/h4-9,11-25H,10H2,1-3H3. The zero-order valence-electron chi connectivity index (χ0n) is 26.5. The first-order chi connectivity index (χ1) is 22.9. The van der Waals surface area contributed by atoms with Crippen LogP contribution in [0, 0.1) is 0 Å². The Morgan fingerprint density at radius 1 is 0.660 bits per heavy atom. The van der Waals surface area contributed by atoms with Crippen LogP contribution in [0.3, 0.4) is 0 Å². The monoisotopic (exact) mass is 608 g/mol. The van der Waals surface area contributed by atoms with E-state index in [1.807, 2.05) is 48.5 Å². The van der Waals surface area contributed by atoms with Gasteiger partial charge < -0.3 is 4.42 Å². The number of allylic oxidation sites excluding steroid dienone is 1. The van der Waals surface area contributed by atoms with Crippen molar-refractivity contribution in [3.63, 3.8) is 0 Å². The zero-order chi connectivity index (χ0) is 31.7. The van der Waals surface area contributed by atoms with Crippen molar-refractivity contribution in [2.75, 3.05) is 0 Å². The molecule has 5 nitrogen and oxygen atoms in total. The summed E-state index contributed by atoms with van der Waals surface area (Å²) in [6.45, 7) is 6.90. The normalized spacial score (nSPS) is 15.8. The number of fused-ring (bicyclic) bond motifs is 6. The first-order valence-corrected chi connectivity index (χ1v) is 16.2. The summed E-state index contributed by atoms with van der Waals surface area (Å²) in [6, 6.07) is 35.8. The molecule has 0 bridgehead atoms. The van der Waals surface area contributed by atoms with Crippen LogP contribution in [0.4, 0.5) is 0 Å². The summed E-state index contributed by atoms with van der Waals surface area (Å²) in [5, 5.41) is 1.21. The predicted molar refractivity (Wildman–Crippen MR) is 189 cm³/mol. The number of benzene rings is 4. The molecule has 1 atom stereocenters. The summed E-state index contributed by atoms with van der Waals surface area (Å²) in [7, 11) is 0. The van der Waals surface area contributed by atoms with Crippen molar-refractivity contribution in [3.05, 3.63) is 138 Å². The molecule has 0 amide bonds. The Bertz CT molecular complexity index is 2300. The molecule has 1 unspecified atom stereocenters. The Kier molecular flexibility index (Phi) is 6.13. The van der Waals surface area contributed by atoms with Crippen molar-refractivity contribution in [3.8, 4) is 56.5 Å². The number of pyridine rings is 1. The van der Waals surface area contributed by atoms with Crippen LogP contribution in [-0.2, 0) is 5.41 Å². The molecule has 0 spiro atoms. The summed E-state index contributed by atoms with van der Waals surface area (Å²) in [5.41, 5.74) is 12.3. The van der Waals surface area contributed by atoms with Gasteiger partial charge in [-0.1, -0.05) is 106 Å². The molecule has 0 fully saturated rings. The average molecular weight is 609 g/mol. The highest BCUT2D eigenvalue weighted by molar-refractivity contribution is 5.97. The minimum atomic E-state index is -0.149. The van der Waals surface area contributed by atoms with Gasteiger partial charge in [-0.05, 0) is 70.1 Å². The molecule has 0 aliphatic heterocycles. The van der Waals surface area contributed by atoms with E-state index in [9.17, 15) is 0 Å². The second kappa shape index (κ2) is 10.4. The number of aromatic nitrogens is 4. The van der Waals surface area contributed by atoms with Crippen molar-refractivity contribution in [1.29, 1.82) is 0 Å². The molecule has 2 aliphatic carbocycles. The van der Waals surface area contributed by atoms with Gasteiger partial charge in [0.1, 0.15) is 17.0 Å². The molecule has 7 aromatic rings. The lowest BCUT2D eigenvalue weighted by atomic mass is 9.81. The molecule has 0 N–H and O–H groups in total. The van der Waals surface area contributed by atoms with Crippen molar-refractivity contribution >= 4 is 17.0 Å². The number of hydrogen-bond acceptors (Lipinski definition) is 5. The highest BCUT2D eigenvalue weighted by Crippen LogP contribution is 2.52. The van der Waals surface area contributed by atoms with Gasteiger partial charge in [-0.15, -0.1) is 0 Å². The van der Waals surface area contributed by atoms with Crippen molar-refractivity contribution in [2.24, 2.45) is 0 Å². The summed E-state index contributed by atoms with van der Waals surface area (Å²) in [6.07, 6.45) is 7.29. The molecular weight excluding hydrogens is 576 g/mol. The molecular formula is C42H32N4O. The van der Waals surface area contributed by atoms with Crippen LogP contribution in [0.5, 0.6) is 0 Å². The third-order valence-electron chi connectivity index (χ3n) is 9.81. The molecule has 2 aliphatic rings. The summed E-state index contributed by atoms with van der Waals surface area (Å²) in [5.74, 6) is 3.32. The maximum atomic E-state index is 6.46. The van der Waals surface area contributed by atoms with Gasteiger partial charge in [-0.2, -0.15) is 0 Å². The fraction of sp³-hybridized carbons (Fsp3) is 0.143. The highest BCUT2D eigenvalue weighted by Gasteiger charge is 2.37. The van der Waals surface area contributed by atoms with Crippen molar-refractivity contribution in [1.82, 2.24) is 19.9 Å². The second-order valence-corrected chi connectivity index (χ2v) is 13.2. The Morgan fingerprint density at radius 3 is 2.11 bits per heavy atom. The summed E-state index contributed by atoms with van der Waals surface area (Å²) < 4.78 is 6.46. The first kappa shape index (κ1) is 27.6. The quantitative estimate of drug-likeness (QED) is 0.199. The van der Waals surface area contributed by atoms with Gasteiger partial charge in [-0.25, -0.2) is 15.0 Å². The SMILES string of the molecule is CC1CC=Cc2c1oc1cc3c(cc21)-c1ccc(-c2ccc(-c4nc(-c5ccccc5)nc(-c5ccccn5)n4)cc2)cc1C3(C)C. The summed E-state index contributed by atoms with van der Waals surface area (Å²) in [4.78, 5) is 19.0. The van der Waals surface area contributed by atoms with E-state index in [1.165, 1.54) is 38.8 Å². The third kappa shape index (κ3) is 4.45. The van der Waals surface area contributed by atoms with E-state index in [2.05, 4.69) is 92.5 Å². The van der Waals surface area contributed by atoms with Gasteiger partial charge >= 0.3 is 0 Å². The van der Waals surface area contributed by atoms with Gasteiger partial charge in [0.15, 0.2) is 17.5 Å². The molecule has 0 saturated heterocycles. The van der Waals surface area contributed by atoms with Gasteiger partial charge in [0.2, 0.25) is 0 Å². The summed E-state index contributed by atoms with van der Waals surface area (Å²) >= 11 is 0. The maximum Gasteiger partial charge on any atom is 0.182 e. The Labute approximate surface area is 273 Å². The van der Waals surface area contributed by atoms with E-state index in [0.29, 0.717) is 29.1 Å². The van der Waals surface area contributed by atoms with Crippen molar-refractivity contribution in [2.45, 2.75) is 38.5 Å². The lowest BCUT2D eigenvalue weighted by Gasteiger charge is -2.22. The molecule has 3 aromatic heterocycles. The van der Waals surface area contributed by atoms with E-state index >= 15 is 0 Å². The lowest BCUT2D eigenvalue weighted by molar-refractivity contribution is 0.503. The van der Waals surface area contributed by atoms with Crippen LogP contribution in [-0.4, -0.2) is 19.9 Å². The topological polar surface area (TPSA) is 64.7 Å².